The van der Waals surface area contributed by atoms with Crippen molar-refractivity contribution in [1.29, 1.82) is 0 Å². The van der Waals surface area contributed by atoms with Gasteiger partial charge in [-0.05, 0) is 26.2 Å². The smallest absolute Gasteiger partial charge is 0.0914 e. The predicted octanol–water partition coefficient (Wildman–Crippen LogP) is 0.153. The molecule has 0 saturated carbocycles. The highest BCUT2D eigenvalue weighted by Gasteiger charge is 2.32. The summed E-state index contributed by atoms with van der Waals surface area (Å²) in [6.07, 6.45) is -0.0516. The molecule has 0 rings (SSSR count). The summed E-state index contributed by atoms with van der Waals surface area (Å²) in [7, 11) is 0. The summed E-state index contributed by atoms with van der Waals surface area (Å²) in [5.74, 6) is 0.0771. The standard InChI is InChI=1S/C10H22O4/c1-8(7-12)6-10(3,9(2)13)14-5-4-11/h8-9,11-13H,4-7H2,1-3H3. The highest BCUT2D eigenvalue weighted by molar-refractivity contribution is 4.83. The van der Waals surface area contributed by atoms with E-state index in [4.69, 9.17) is 14.9 Å². The highest BCUT2D eigenvalue weighted by Crippen LogP contribution is 2.24. The molecule has 4 nitrogen and oxygen atoms in total. The van der Waals surface area contributed by atoms with Gasteiger partial charge in [0.1, 0.15) is 0 Å². The van der Waals surface area contributed by atoms with E-state index in [1.165, 1.54) is 0 Å². The zero-order valence-electron chi connectivity index (χ0n) is 9.23. The fraction of sp³-hybridized carbons (Fsp3) is 1.00. The van der Waals surface area contributed by atoms with Crippen LogP contribution in [0.3, 0.4) is 0 Å². The van der Waals surface area contributed by atoms with Crippen molar-refractivity contribution in [1.82, 2.24) is 0 Å². The van der Waals surface area contributed by atoms with Crippen LogP contribution in [0.25, 0.3) is 0 Å². The Labute approximate surface area is 85.5 Å². The Morgan fingerprint density at radius 2 is 1.86 bits per heavy atom. The Kier molecular flexibility index (Phi) is 6.27. The third-order valence-electron chi connectivity index (χ3n) is 2.47. The molecule has 0 aromatic rings. The maximum Gasteiger partial charge on any atom is 0.0914 e. The fourth-order valence-electron chi connectivity index (χ4n) is 1.39. The van der Waals surface area contributed by atoms with Gasteiger partial charge < -0.3 is 20.1 Å². The molecule has 0 spiro atoms. The first-order valence-corrected chi connectivity index (χ1v) is 5.00. The normalized spacial score (nSPS) is 20.1. The van der Waals surface area contributed by atoms with Gasteiger partial charge in [0.15, 0.2) is 0 Å². The van der Waals surface area contributed by atoms with Crippen LogP contribution in [-0.2, 0) is 4.74 Å². The minimum absolute atomic E-state index is 0.0597. The van der Waals surface area contributed by atoms with Crippen LogP contribution >= 0.6 is 0 Å². The van der Waals surface area contributed by atoms with Gasteiger partial charge in [0.2, 0.25) is 0 Å². The second kappa shape index (κ2) is 6.35. The topological polar surface area (TPSA) is 69.9 Å². The summed E-state index contributed by atoms with van der Waals surface area (Å²) in [6.45, 7) is 5.56. The van der Waals surface area contributed by atoms with Crippen molar-refractivity contribution in [3.05, 3.63) is 0 Å². The average molecular weight is 206 g/mol. The maximum atomic E-state index is 9.55. The van der Waals surface area contributed by atoms with Crippen molar-refractivity contribution in [2.75, 3.05) is 19.8 Å². The molecule has 0 aromatic heterocycles. The molecule has 3 atom stereocenters. The monoisotopic (exact) mass is 206 g/mol. The second-order valence-electron chi connectivity index (χ2n) is 4.05. The molecular weight excluding hydrogens is 184 g/mol. The van der Waals surface area contributed by atoms with Crippen molar-refractivity contribution in [3.63, 3.8) is 0 Å². The molecule has 0 radical (unpaired) electrons. The number of hydrogen-bond acceptors (Lipinski definition) is 4. The molecule has 0 saturated heterocycles. The SMILES string of the molecule is CC(CO)CC(C)(OCCO)C(C)O. The minimum atomic E-state index is -0.690. The molecule has 4 heteroatoms. The molecule has 0 aliphatic rings. The number of aliphatic hydroxyl groups is 3. The Morgan fingerprint density at radius 1 is 1.29 bits per heavy atom. The van der Waals surface area contributed by atoms with Crippen LogP contribution in [0.5, 0.6) is 0 Å². The lowest BCUT2D eigenvalue weighted by Gasteiger charge is -2.34. The molecule has 0 bridgehead atoms. The van der Waals surface area contributed by atoms with Crippen molar-refractivity contribution in [2.24, 2.45) is 5.92 Å². The molecule has 0 aliphatic heterocycles. The van der Waals surface area contributed by atoms with Gasteiger partial charge in [-0.15, -0.1) is 0 Å². The van der Waals surface area contributed by atoms with Gasteiger partial charge in [0.25, 0.3) is 0 Å². The number of ether oxygens (including phenoxy) is 1. The van der Waals surface area contributed by atoms with Gasteiger partial charge in [0, 0.05) is 6.61 Å². The number of rotatable bonds is 7. The minimum Gasteiger partial charge on any atom is -0.396 e. The zero-order chi connectivity index (χ0) is 11.2. The van der Waals surface area contributed by atoms with E-state index in [2.05, 4.69) is 0 Å². The second-order valence-corrected chi connectivity index (χ2v) is 4.05. The summed E-state index contributed by atoms with van der Waals surface area (Å²) in [4.78, 5) is 0. The fourth-order valence-corrected chi connectivity index (χ4v) is 1.39. The highest BCUT2D eigenvalue weighted by atomic mass is 16.5. The van der Waals surface area contributed by atoms with Crippen molar-refractivity contribution in [3.8, 4) is 0 Å². The van der Waals surface area contributed by atoms with Crippen LogP contribution in [0.2, 0.25) is 0 Å². The first-order chi connectivity index (χ1) is 6.46. The van der Waals surface area contributed by atoms with Crippen LogP contribution in [-0.4, -0.2) is 46.8 Å². The Morgan fingerprint density at radius 3 is 2.21 bits per heavy atom. The first kappa shape index (κ1) is 13.8. The quantitative estimate of drug-likeness (QED) is 0.554. The van der Waals surface area contributed by atoms with Gasteiger partial charge in [-0.1, -0.05) is 6.92 Å². The largest absolute Gasteiger partial charge is 0.396 e. The van der Waals surface area contributed by atoms with Crippen LogP contribution < -0.4 is 0 Å². The van der Waals surface area contributed by atoms with Crippen LogP contribution in [0.15, 0.2) is 0 Å². The van der Waals surface area contributed by atoms with Crippen molar-refractivity contribution in [2.45, 2.75) is 38.9 Å². The van der Waals surface area contributed by atoms with Gasteiger partial charge in [-0.25, -0.2) is 0 Å². The molecule has 3 unspecified atom stereocenters. The Bertz CT molecular complexity index is 149. The van der Waals surface area contributed by atoms with E-state index in [0.29, 0.717) is 6.42 Å². The van der Waals surface area contributed by atoms with Gasteiger partial charge in [0.05, 0.1) is 24.9 Å². The van der Waals surface area contributed by atoms with E-state index in [1.807, 2.05) is 6.92 Å². The lowest BCUT2D eigenvalue weighted by molar-refractivity contribution is -0.125. The van der Waals surface area contributed by atoms with Gasteiger partial charge >= 0.3 is 0 Å². The van der Waals surface area contributed by atoms with E-state index in [9.17, 15) is 5.11 Å². The molecular formula is C10H22O4. The number of hydrogen-bond donors (Lipinski definition) is 3. The summed E-state index contributed by atoms with van der Waals surface area (Å²) >= 11 is 0. The molecule has 0 amide bonds. The number of aliphatic hydroxyl groups excluding tert-OH is 3. The summed E-state index contributed by atoms with van der Waals surface area (Å²) in [6, 6.07) is 0. The zero-order valence-corrected chi connectivity index (χ0v) is 9.23. The van der Waals surface area contributed by atoms with Gasteiger partial charge in [-0.3, -0.25) is 0 Å². The van der Waals surface area contributed by atoms with E-state index >= 15 is 0 Å². The molecule has 14 heavy (non-hydrogen) atoms. The molecule has 0 aliphatic carbocycles. The van der Waals surface area contributed by atoms with Crippen molar-refractivity contribution < 1.29 is 20.1 Å². The Balaban J connectivity index is 4.23. The molecule has 0 fully saturated rings. The molecule has 86 valence electrons. The van der Waals surface area contributed by atoms with Crippen LogP contribution in [0.4, 0.5) is 0 Å². The molecule has 3 N–H and O–H groups in total. The van der Waals surface area contributed by atoms with Crippen molar-refractivity contribution >= 4 is 0 Å². The summed E-state index contributed by atoms with van der Waals surface area (Å²) < 4.78 is 5.40. The third kappa shape index (κ3) is 4.37. The van der Waals surface area contributed by atoms with Crippen LogP contribution in [0, 0.1) is 5.92 Å². The summed E-state index contributed by atoms with van der Waals surface area (Å²) in [5, 5.41) is 27.1. The van der Waals surface area contributed by atoms with Crippen LogP contribution in [0.1, 0.15) is 27.2 Å². The van der Waals surface area contributed by atoms with E-state index in [1.54, 1.807) is 13.8 Å². The maximum absolute atomic E-state index is 9.55. The van der Waals surface area contributed by atoms with E-state index < -0.39 is 11.7 Å². The predicted molar refractivity (Wildman–Crippen MR) is 54.0 cm³/mol. The lowest BCUT2D eigenvalue weighted by atomic mass is 9.89. The Hall–Kier alpha value is -0.160. The van der Waals surface area contributed by atoms with Gasteiger partial charge in [-0.2, -0.15) is 0 Å². The molecule has 0 aromatic carbocycles. The third-order valence-corrected chi connectivity index (χ3v) is 2.47. The average Bonchev–Trinajstić information content (AvgIpc) is 2.14. The first-order valence-electron chi connectivity index (χ1n) is 5.00. The molecule has 0 heterocycles. The van der Waals surface area contributed by atoms with E-state index in [0.717, 1.165) is 0 Å². The lowest BCUT2D eigenvalue weighted by Crippen LogP contribution is -2.43. The summed E-state index contributed by atoms with van der Waals surface area (Å²) in [5.41, 5.74) is -0.690. The van der Waals surface area contributed by atoms with E-state index in [-0.39, 0.29) is 25.7 Å².